The minimum Gasteiger partial charge on any atom is -0.480 e. The second kappa shape index (κ2) is 11.8. The highest BCUT2D eigenvalue weighted by atomic mass is 32.1. The first-order valence-corrected chi connectivity index (χ1v) is 9.20. The van der Waals surface area contributed by atoms with Gasteiger partial charge in [-0.1, -0.05) is 27.7 Å². The number of carboxylic acids is 1. The van der Waals surface area contributed by atoms with Crippen LogP contribution in [0.25, 0.3) is 0 Å². The summed E-state index contributed by atoms with van der Waals surface area (Å²) in [5, 5.41) is 25.0. The maximum absolute atomic E-state index is 12.4. The van der Waals surface area contributed by atoms with E-state index in [1.54, 1.807) is 27.7 Å². The van der Waals surface area contributed by atoms with E-state index in [2.05, 4.69) is 28.6 Å². The molecule has 10 nitrogen and oxygen atoms in total. The Hall–Kier alpha value is -1.85. The molecule has 0 heterocycles. The Bertz CT molecular complexity index is 543. The molecule has 0 aliphatic rings. The van der Waals surface area contributed by atoms with Crippen LogP contribution in [-0.4, -0.2) is 70.4 Å². The highest BCUT2D eigenvalue weighted by Gasteiger charge is 2.31. The first-order valence-electron chi connectivity index (χ1n) is 8.57. The summed E-state index contributed by atoms with van der Waals surface area (Å²) < 4.78 is 0. The third-order valence-corrected chi connectivity index (χ3v) is 4.25. The van der Waals surface area contributed by atoms with Gasteiger partial charge in [-0.15, -0.1) is 0 Å². The van der Waals surface area contributed by atoms with Gasteiger partial charge in [0, 0.05) is 5.75 Å². The van der Waals surface area contributed by atoms with E-state index in [-0.39, 0.29) is 17.6 Å². The average Bonchev–Trinajstić information content (AvgIpc) is 2.59. The molecule has 0 aromatic carbocycles. The van der Waals surface area contributed by atoms with Crippen LogP contribution in [0.3, 0.4) is 0 Å². The SMILES string of the molecule is CC(C)C(N)C(=O)NC(CS)C(=O)NC(C(=O)NC(CO)C(=O)O)C(C)C. The van der Waals surface area contributed by atoms with E-state index in [0.29, 0.717) is 0 Å². The van der Waals surface area contributed by atoms with E-state index >= 15 is 0 Å². The lowest BCUT2D eigenvalue weighted by Gasteiger charge is -2.26. The molecule has 0 radical (unpaired) electrons. The first kappa shape index (κ1) is 25.1. The maximum Gasteiger partial charge on any atom is 0.328 e. The standard InChI is InChI=1S/C16H30N4O6S/c1-7(2)11(17)14(23)19-10(6-27)13(22)20-12(8(3)4)15(24)18-9(5-21)16(25)26/h7-12,21,27H,5-6,17H2,1-4H3,(H,18,24)(H,19,23)(H,20,22)(H,25,26). The Labute approximate surface area is 164 Å². The predicted octanol–water partition coefficient (Wildman–Crippen LogP) is -1.91. The van der Waals surface area contributed by atoms with Crippen LogP contribution in [0, 0.1) is 11.8 Å². The third kappa shape index (κ3) is 8.14. The number of carbonyl (C=O) groups is 4. The Morgan fingerprint density at radius 3 is 1.78 bits per heavy atom. The number of nitrogens with one attached hydrogen (secondary N) is 3. The normalized spacial score (nSPS) is 15.6. The molecule has 156 valence electrons. The van der Waals surface area contributed by atoms with Gasteiger partial charge in [0.05, 0.1) is 12.6 Å². The van der Waals surface area contributed by atoms with Crippen molar-refractivity contribution in [3.8, 4) is 0 Å². The molecule has 0 saturated heterocycles. The van der Waals surface area contributed by atoms with Crippen molar-refractivity contribution in [1.82, 2.24) is 16.0 Å². The van der Waals surface area contributed by atoms with Crippen molar-refractivity contribution in [2.75, 3.05) is 12.4 Å². The molecule has 0 aliphatic carbocycles. The number of aliphatic hydroxyl groups is 1. The number of hydrogen-bond acceptors (Lipinski definition) is 7. The van der Waals surface area contributed by atoms with E-state index in [1.807, 2.05) is 0 Å². The number of carboxylic acid groups (broad SMARTS) is 1. The molecule has 0 spiro atoms. The Balaban J connectivity index is 5.10. The minimum atomic E-state index is -1.49. The monoisotopic (exact) mass is 406 g/mol. The summed E-state index contributed by atoms with van der Waals surface area (Å²) in [5.41, 5.74) is 5.75. The highest BCUT2D eigenvalue weighted by molar-refractivity contribution is 7.80. The summed E-state index contributed by atoms with van der Waals surface area (Å²) >= 11 is 4.05. The Kier molecular flexibility index (Phi) is 11.0. The first-order chi connectivity index (χ1) is 12.5. The third-order valence-electron chi connectivity index (χ3n) is 3.88. The fraction of sp³-hybridized carbons (Fsp3) is 0.750. The lowest BCUT2D eigenvalue weighted by atomic mass is 10.0. The smallest absolute Gasteiger partial charge is 0.328 e. The van der Waals surface area contributed by atoms with Crippen molar-refractivity contribution >= 4 is 36.3 Å². The molecule has 0 aliphatic heterocycles. The van der Waals surface area contributed by atoms with Gasteiger partial charge in [0.25, 0.3) is 0 Å². The zero-order valence-corrected chi connectivity index (χ0v) is 16.8. The lowest BCUT2D eigenvalue weighted by Crippen LogP contribution is -2.59. The lowest BCUT2D eigenvalue weighted by molar-refractivity contribution is -0.143. The van der Waals surface area contributed by atoms with Crippen molar-refractivity contribution in [3.05, 3.63) is 0 Å². The number of carbonyl (C=O) groups excluding carboxylic acids is 3. The molecule has 0 aromatic heterocycles. The maximum atomic E-state index is 12.4. The molecule has 4 unspecified atom stereocenters. The van der Waals surface area contributed by atoms with Crippen LogP contribution in [0.5, 0.6) is 0 Å². The van der Waals surface area contributed by atoms with Gasteiger partial charge in [-0.2, -0.15) is 12.6 Å². The van der Waals surface area contributed by atoms with E-state index in [4.69, 9.17) is 15.9 Å². The molecular weight excluding hydrogens is 376 g/mol. The average molecular weight is 407 g/mol. The summed E-state index contributed by atoms with van der Waals surface area (Å²) in [6.07, 6.45) is 0. The predicted molar refractivity (Wildman–Crippen MR) is 102 cm³/mol. The molecular formula is C16H30N4O6S. The van der Waals surface area contributed by atoms with Gasteiger partial charge in [-0.05, 0) is 11.8 Å². The number of aliphatic carboxylic acids is 1. The molecule has 11 heteroatoms. The fourth-order valence-corrected chi connectivity index (χ4v) is 2.26. The molecule has 3 amide bonds. The molecule has 0 saturated carbocycles. The van der Waals surface area contributed by atoms with Gasteiger partial charge >= 0.3 is 5.97 Å². The van der Waals surface area contributed by atoms with Gasteiger partial charge in [0.2, 0.25) is 17.7 Å². The number of nitrogens with two attached hydrogens (primary N) is 1. The van der Waals surface area contributed by atoms with Crippen LogP contribution < -0.4 is 21.7 Å². The summed E-state index contributed by atoms with van der Waals surface area (Å²) in [6, 6.07) is -4.37. The van der Waals surface area contributed by atoms with Gasteiger partial charge in [-0.25, -0.2) is 4.79 Å². The highest BCUT2D eigenvalue weighted by Crippen LogP contribution is 2.05. The van der Waals surface area contributed by atoms with Crippen molar-refractivity contribution in [3.63, 3.8) is 0 Å². The number of aliphatic hydroxyl groups excluding tert-OH is 1. The molecule has 27 heavy (non-hydrogen) atoms. The van der Waals surface area contributed by atoms with Crippen LogP contribution in [0.1, 0.15) is 27.7 Å². The quantitative estimate of drug-likeness (QED) is 0.196. The van der Waals surface area contributed by atoms with Crippen LogP contribution in [0.15, 0.2) is 0 Å². The van der Waals surface area contributed by atoms with Crippen LogP contribution in [0.2, 0.25) is 0 Å². The fourth-order valence-electron chi connectivity index (χ4n) is 2.00. The second-order valence-corrected chi connectivity index (χ2v) is 7.19. The Morgan fingerprint density at radius 2 is 1.41 bits per heavy atom. The number of rotatable bonds is 11. The zero-order valence-electron chi connectivity index (χ0n) is 15.9. The van der Waals surface area contributed by atoms with Gasteiger partial charge < -0.3 is 31.9 Å². The van der Waals surface area contributed by atoms with Crippen molar-refractivity contribution in [2.45, 2.75) is 51.9 Å². The molecule has 0 rings (SSSR count). The van der Waals surface area contributed by atoms with Crippen LogP contribution in [0.4, 0.5) is 0 Å². The van der Waals surface area contributed by atoms with Crippen molar-refractivity contribution in [1.29, 1.82) is 0 Å². The number of amides is 3. The van der Waals surface area contributed by atoms with Gasteiger partial charge in [0.1, 0.15) is 18.1 Å². The van der Waals surface area contributed by atoms with Crippen LogP contribution >= 0.6 is 12.6 Å². The summed E-state index contributed by atoms with van der Waals surface area (Å²) in [4.78, 5) is 47.7. The van der Waals surface area contributed by atoms with Crippen molar-refractivity contribution < 1.29 is 29.4 Å². The number of thiol groups is 1. The molecule has 7 N–H and O–H groups in total. The summed E-state index contributed by atoms with van der Waals surface area (Å²) in [6.45, 7) is 6.05. The molecule has 0 bridgehead atoms. The molecule has 4 atom stereocenters. The topological polar surface area (TPSA) is 171 Å². The van der Waals surface area contributed by atoms with Gasteiger partial charge in [0.15, 0.2) is 0 Å². The van der Waals surface area contributed by atoms with Crippen molar-refractivity contribution in [2.24, 2.45) is 17.6 Å². The largest absolute Gasteiger partial charge is 0.480 e. The van der Waals surface area contributed by atoms with Crippen LogP contribution in [-0.2, 0) is 19.2 Å². The van der Waals surface area contributed by atoms with E-state index < -0.39 is 54.5 Å². The van der Waals surface area contributed by atoms with E-state index in [9.17, 15) is 19.2 Å². The zero-order chi connectivity index (χ0) is 21.3. The number of hydrogen-bond donors (Lipinski definition) is 7. The molecule has 0 aromatic rings. The summed E-state index contributed by atoms with van der Waals surface area (Å²) in [5.74, 6) is -3.87. The summed E-state index contributed by atoms with van der Waals surface area (Å²) in [7, 11) is 0. The second-order valence-electron chi connectivity index (χ2n) is 6.83. The minimum absolute atomic E-state index is 0.0246. The Morgan fingerprint density at radius 1 is 0.889 bits per heavy atom. The van der Waals surface area contributed by atoms with E-state index in [1.165, 1.54) is 0 Å². The van der Waals surface area contributed by atoms with Gasteiger partial charge in [-0.3, -0.25) is 14.4 Å². The molecule has 0 fully saturated rings. The van der Waals surface area contributed by atoms with E-state index in [0.717, 1.165) is 0 Å².